The first-order valence-electron chi connectivity index (χ1n) is 6.22. The van der Waals surface area contributed by atoms with E-state index < -0.39 is 21.5 Å². The predicted molar refractivity (Wildman–Crippen MR) is 86.7 cm³/mol. The Morgan fingerprint density at radius 3 is 2.05 bits per heavy atom. The molecule has 1 aliphatic rings. The quantitative estimate of drug-likeness (QED) is 0.625. The van der Waals surface area contributed by atoms with Gasteiger partial charge in [-0.25, -0.2) is 0 Å². The van der Waals surface area contributed by atoms with Crippen molar-refractivity contribution in [2.75, 3.05) is 0 Å². The molecular weight excluding hydrogens is 350 g/mol. The molecule has 0 spiro atoms. The summed E-state index contributed by atoms with van der Waals surface area (Å²) in [6.45, 7) is 6.72. The van der Waals surface area contributed by atoms with Crippen LogP contribution in [0.15, 0.2) is 54.1 Å². The molecule has 0 aliphatic heterocycles. The van der Waals surface area contributed by atoms with Gasteiger partial charge in [-0.1, -0.05) is 0 Å². The van der Waals surface area contributed by atoms with Gasteiger partial charge in [0, 0.05) is 0 Å². The summed E-state index contributed by atoms with van der Waals surface area (Å²) in [5.74, 6) is 0. The molecule has 0 N–H and O–H groups in total. The van der Waals surface area contributed by atoms with Gasteiger partial charge in [0.15, 0.2) is 0 Å². The first kappa shape index (κ1) is 15.9. The Labute approximate surface area is 131 Å². The van der Waals surface area contributed by atoms with E-state index in [2.05, 4.69) is 62.5 Å². The molecule has 19 heavy (non-hydrogen) atoms. The summed E-state index contributed by atoms with van der Waals surface area (Å²) in [7, 11) is 17.8. The fourth-order valence-electron chi connectivity index (χ4n) is 3.06. The van der Waals surface area contributed by atoms with Crippen molar-refractivity contribution in [2.45, 2.75) is 23.4 Å². The minimum absolute atomic E-state index is 0.307. The van der Waals surface area contributed by atoms with Gasteiger partial charge in [0.2, 0.25) is 0 Å². The van der Waals surface area contributed by atoms with Gasteiger partial charge in [-0.3, -0.25) is 0 Å². The molecule has 1 unspecified atom stereocenters. The van der Waals surface area contributed by atoms with Gasteiger partial charge in [0.1, 0.15) is 0 Å². The van der Waals surface area contributed by atoms with Gasteiger partial charge in [-0.05, 0) is 0 Å². The predicted octanol–water partition coefficient (Wildman–Crippen LogP) is 5.43. The van der Waals surface area contributed by atoms with Crippen LogP contribution in [0.5, 0.6) is 0 Å². The van der Waals surface area contributed by atoms with E-state index in [4.69, 9.17) is 27.9 Å². The zero-order chi connectivity index (χ0) is 14.3. The molecule has 0 nitrogen and oxygen atoms in total. The second-order valence-corrected chi connectivity index (χ2v) is 23.1. The molecule has 0 fully saturated rings. The standard InChI is InChI=1S/C14H17Si.3ClH.Ti/c1-12-8-7-11-14(12)15(2,3)13-9-5-4-6-10-13;;;;/h4-11H,1-3H3;3*1H;/q;;;;+3/p-3. The number of benzene rings is 1. The number of hydrogen-bond donors (Lipinski definition) is 0. The van der Waals surface area contributed by atoms with Crippen molar-refractivity contribution >= 4 is 41.2 Å². The Morgan fingerprint density at radius 2 is 1.63 bits per heavy atom. The summed E-state index contributed by atoms with van der Waals surface area (Å²) in [6, 6.07) is 10.5. The van der Waals surface area contributed by atoms with Gasteiger partial charge in [0.25, 0.3) is 0 Å². The first-order valence-corrected chi connectivity index (χ1v) is 16.4. The van der Waals surface area contributed by atoms with E-state index in [1.165, 1.54) is 10.8 Å². The number of halogens is 3. The van der Waals surface area contributed by atoms with Crippen LogP contribution in [0.1, 0.15) is 6.92 Å². The van der Waals surface area contributed by atoms with E-state index in [0.29, 0.717) is 0 Å². The maximum absolute atomic E-state index is 6.59. The van der Waals surface area contributed by atoms with Gasteiger partial charge < -0.3 is 0 Å². The second-order valence-electron chi connectivity index (χ2n) is 5.51. The molecule has 2 rings (SSSR count). The zero-order valence-electron chi connectivity index (χ0n) is 11.3. The Morgan fingerprint density at radius 1 is 1.05 bits per heavy atom. The van der Waals surface area contributed by atoms with E-state index in [1.807, 2.05) is 6.07 Å². The molecule has 0 amide bonds. The molecule has 5 heteroatoms. The third-order valence-electron chi connectivity index (χ3n) is 4.24. The van der Waals surface area contributed by atoms with E-state index in [0.717, 1.165) is 0 Å². The molecule has 1 aromatic carbocycles. The molecule has 0 heterocycles. The SMILES string of the molecule is CC1=CC=C[C]1([Si](C)(C)c1ccccc1)[Ti]([Cl])([Cl])[Cl]. The van der Waals surface area contributed by atoms with Gasteiger partial charge in [0.05, 0.1) is 0 Å². The third kappa shape index (κ3) is 2.43. The molecule has 1 atom stereocenters. The van der Waals surface area contributed by atoms with Crippen LogP contribution < -0.4 is 5.19 Å². The minimum atomic E-state index is -3.49. The molecule has 1 aromatic rings. The second kappa shape index (κ2) is 5.36. The summed E-state index contributed by atoms with van der Waals surface area (Å²) in [4.78, 5) is 0. The zero-order valence-corrected chi connectivity index (χ0v) is 16.1. The van der Waals surface area contributed by atoms with Crippen molar-refractivity contribution in [2.24, 2.45) is 0 Å². The molecular formula is C14H17Cl3SiTi. The monoisotopic (exact) mass is 366 g/mol. The van der Waals surface area contributed by atoms with Crippen LogP contribution in [0.3, 0.4) is 0 Å². The van der Waals surface area contributed by atoms with Crippen molar-refractivity contribution in [1.29, 1.82) is 0 Å². The van der Waals surface area contributed by atoms with Crippen molar-refractivity contribution < 1.29 is 13.4 Å². The Kier molecular flexibility index (Phi) is 4.48. The van der Waals surface area contributed by atoms with Gasteiger partial charge in [-0.15, -0.1) is 0 Å². The normalized spacial score (nSPS) is 23.6. The molecule has 102 valence electrons. The Balaban J connectivity index is 2.65. The summed E-state index contributed by atoms with van der Waals surface area (Å²) >= 11 is -3.49. The van der Waals surface area contributed by atoms with Crippen LogP contribution in [0.25, 0.3) is 0 Å². The van der Waals surface area contributed by atoms with Crippen LogP contribution in [-0.4, -0.2) is 8.07 Å². The number of rotatable bonds is 3. The third-order valence-corrected chi connectivity index (χ3v) is 20.9. The molecule has 0 bridgehead atoms. The molecule has 0 saturated carbocycles. The molecule has 0 radical (unpaired) electrons. The van der Waals surface area contributed by atoms with Crippen LogP contribution in [-0.2, 0) is 13.4 Å². The molecule has 0 aromatic heterocycles. The summed E-state index contributed by atoms with van der Waals surface area (Å²) in [5, 5.41) is 1.34. The van der Waals surface area contributed by atoms with E-state index in [1.54, 1.807) is 0 Å². The Bertz CT molecular complexity index is 531. The first-order chi connectivity index (χ1) is 8.73. The van der Waals surface area contributed by atoms with E-state index in [9.17, 15) is 0 Å². The van der Waals surface area contributed by atoms with Gasteiger partial charge in [-0.2, -0.15) is 0 Å². The summed E-state index contributed by atoms with van der Waals surface area (Å²) in [6.07, 6.45) is 6.32. The van der Waals surface area contributed by atoms with Gasteiger partial charge >= 0.3 is 132 Å². The molecule has 1 aliphatic carbocycles. The van der Waals surface area contributed by atoms with Crippen molar-refractivity contribution in [3.63, 3.8) is 0 Å². The van der Waals surface area contributed by atoms with E-state index >= 15 is 0 Å². The number of hydrogen-bond acceptors (Lipinski definition) is 0. The van der Waals surface area contributed by atoms with Crippen molar-refractivity contribution in [1.82, 2.24) is 0 Å². The van der Waals surface area contributed by atoms with Crippen LogP contribution in [0.4, 0.5) is 0 Å². The van der Waals surface area contributed by atoms with Crippen molar-refractivity contribution in [3.05, 3.63) is 54.1 Å². The Hall–Kier alpha value is 0.501. The van der Waals surface area contributed by atoms with E-state index in [-0.39, 0.29) is 3.34 Å². The maximum atomic E-state index is 6.59. The topological polar surface area (TPSA) is 0 Å². The molecule has 0 saturated heterocycles. The fraction of sp³-hybridized carbons (Fsp3) is 0.286. The summed E-state index contributed by atoms with van der Waals surface area (Å²) < 4.78 is -0.307. The van der Waals surface area contributed by atoms with Crippen molar-refractivity contribution in [3.8, 4) is 0 Å². The van der Waals surface area contributed by atoms with Crippen LogP contribution in [0, 0.1) is 0 Å². The average Bonchev–Trinajstić information content (AvgIpc) is 2.73. The average molecular weight is 368 g/mol. The van der Waals surface area contributed by atoms with Crippen LogP contribution >= 0.6 is 27.9 Å². The fourth-order valence-corrected chi connectivity index (χ4v) is 23.5. The van der Waals surface area contributed by atoms with Crippen LogP contribution in [0.2, 0.25) is 16.4 Å². The number of allylic oxidation sites excluding steroid dienone is 4. The summed E-state index contributed by atoms with van der Waals surface area (Å²) in [5.41, 5.74) is 1.22.